The predicted octanol–water partition coefficient (Wildman–Crippen LogP) is 0.595. The van der Waals surface area contributed by atoms with Crippen molar-refractivity contribution >= 4 is 17.9 Å². The smallest absolute Gasteiger partial charge is 0.325 e. The van der Waals surface area contributed by atoms with Crippen LogP contribution in [0.4, 0.5) is 0 Å². The third kappa shape index (κ3) is 3.48. The summed E-state index contributed by atoms with van der Waals surface area (Å²) < 4.78 is 0. The number of Topliss-reactive ketones (excluding diaryl/α,β-unsaturated/α-hetero) is 1. The van der Waals surface area contributed by atoms with Gasteiger partial charge in [0.25, 0.3) is 11.7 Å². The molecule has 1 aromatic rings. The highest BCUT2D eigenvalue weighted by Gasteiger charge is 2.07. The summed E-state index contributed by atoms with van der Waals surface area (Å²) >= 11 is 0. The van der Waals surface area contributed by atoms with Crippen molar-refractivity contribution in [3.05, 3.63) is 40.9 Å². The molecule has 0 aliphatic heterocycles. The van der Waals surface area contributed by atoms with Crippen LogP contribution in [0.25, 0.3) is 5.53 Å². The van der Waals surface area contributed by atoms with Gasteiger partial charge in [-0.3, -0.25) is 9.59 Å². The van der Waals surface area contributed by atoms with Crippen LogP contribution in [-0.2, 0) is 4.79 Å². The molecule has 0 saturated heterocycles. The fourth-order valence-electron chi connectivity index (χ4n) is 1.08. The molecule has 0 aliphatic carbocycles. The second-order valence-corrected chi connectivity index (χ2v) is 3.26. The fourth-order valence-corrected chi connectivity index (χ4v) is 1.08. The van der Waals surface area contributed by atoms with Gasteiger partial charge in [-0.15, -0.1) is 0 Å². The van der Waals surface area contributed by atoms with Crippen molar-refractivity contribution in [3.63, 3.8) is 0 Å². The fraction of sp³-hybridized carbons (Fsp3) is 0.182. The van der Waals surface area contributed by atoms with Crippen LogP contribution in [-0.4, -0.2) is 29.2 Å². The van der Waals surface area contributed by atoms with E-state index in [0.29, 0.717) is 5.56 Å². The molecule has 0 saturated carbocycles. The van der Waals surface area contributed by atoms with Crippen LogP contribution in [0.1, 0.15) is 15.9 Å². The zero-order valence-corrected chi connectivity index (χ0v) is 8.80. The summed E-state index contributed by atoms with van der Waals surface area (Å²) in [6.07, 6.45) is 0.745. The highest BCUT2D eigenvalue weighted by atomic mass is 16.2. The Morgan fingerprint density at radius 3 is 2.56 bits per heavy atom. The molecular formula is C11H11N3O2. The Bertz CT molecular complexity index is 445. The van der Waals surface area contributed by atoms with Crippen molar-refractivity contribution < 1.29 is 14.4 Å². The van der Waals surface area contributed by atoms with E-state index in [0.717, 1.165) is 11.8 Å². The van der Waals surface area contributed by atoms with Crippen molar-refractivity contribution in [2.24, 2.45) is 0 Å². The molecule has 1 rings (SSSR count). The number of aryl methyl sites for hydroxylation is 1. The Morgan fingerprint density at radius 1 is 1.38 bits per heavy atom. The Morgan fingerprint density at radius 2 is 2.00 bits per heavy atom. The number of nitrogens with zero attached hydrogens (tertiary/aromatic N) is 2. The molecule has 1 aromatic carbocycles. The quantitative estimate of drug-likeness (QED) is 0.455. The lowest BCUT2D eigenvalue weighted by Gasteiger charge is -2.01. The molecule has 16 heavy (non-hydrogen) atoms. The number of carbonyl (C=O) groups excluding carboxylic acids is 2. The van der Waals surface area contributed by atoms with E-state index in [1.165, 1.54) is 0 Å². The minimum Gasteiger partial charge on any atom is -0.361 e. The summed E-state index contributed by atoms with van der Waals surface area (Å²) in [5.74, 6) is -0.803. The Balaban J connectivity index is 2.56. The van der Waals surface area contributed by atoms with Gasteiger partial charge in [0.2, 0.25) is 0 Å². The van der Waals surface area contributed by atoms with Crippen LogP contribution in [0.2, 0.25) is 0 Å². The van der Waals surface area contributed by atoms with Crippen LogP contribution in [0.5, 0.6) is 0 Å². The van der Waals surface area contributed by atoms with Crippen molar-refractivity contribution in [2.45, 2.75) is 6.92 Å². The van der Waals surface area contributed by atoms with E-state index in [-0.39, 0.29) is 12.5 Å². The van der Waals surface area contributed by atoms with Gasteiger partial charge < -0.3 is 10.8 Å². The summed E-state index contributed by atoms with van der Waals surface area (Å²) in [6, 6.07) is 6.97. The van der Waals surface area contributed by atoms with Crippen molar-refractivity contribution in [1.82, 2.24) is 5.32 Å². The summed E-state index contributed by atoms with van der Waals surface area (Å²) in [5.41, 5.74) is 9.63. The van der Waals surface area contributed by atoms with Crippen LogP contribution < -0.4 is 5.32 Å². The van der Waals surface area contributed by atoms with E-state index in [9.17, 15) is 9.59 Å². The number of nitrogens with one attached hydrogen (secondary N) is 1. The number of hydrogen-bond donors (Lipinski definition) is 1. The Labute approximate surface area is 92.7 Å². The summed E-state index contributed by atoms with van der Waals surface area (Å²) in [5, 5.41) is 2.41. The number of benzene rings is 1. The molecule has 0 heterocycles. The van der Waals surface area contributed by atoms with E-state index >= 15 is 0 Å². The van der Waals surface area contributed by atoms with Crippen LogP contribution in [0.3, 0.4) is 0 Å². The van der Waals surface area contributed by atoms with Crippen LogP contribution in [0, 0.1) is 6.92 Å². The van der Waals surface area contributed by atoms with Crippen molar-refractivity contribution in [1.29, 1.82) is 0 Å². The maximum atomic E-state index is 11.5. The van der Waals surface area contributed by atoms with Gasteiger partial charge in [0, 0.05) is 5.56 Å². The molecule has 0 atom stereocenters. The van der Waals surface area contributed by atoms with Gasteiger partial charge in [0.15, 0.2) is 0 Å². The summed E-state index contributed by atoms with van der Waals surface area (Å²) in [6.45, 7) is 1.74. The zero-order chi connectivity index (χ0) is 12.0. The average Bonchev–Trinajstić information content (AvgIpc) is 2.27. The minimum absolute atomic E-state index is 0.184. The third-order valence-corrected chi connectivity index (χ3v) is 1.94. The molecule has 82 valence electrons. The van der Waals surface area contributed by atoms with Gasteiger partial charge in [-0.25, -0.2) is 0 Å². The highest BCUT2D eigenvalue weighted by Crippen LogP contribution is 2.02. The van der Waals surface area contributed by atoms with E-state index < -0.39 is 5.78 Å². The van der Waals surface area contributed by atoms with Gasteiger partial charge in [-0.2, -0.15) is 4.79 Å². The normalized spacial score (nSPS) is 9.06. The highest BCUT2D eigenvalue weighted by molar-refractivity contribution is 6.26. The predicted molar refractivity (Wildman–Crippen MR) is 58.2 cm³/mol. The molecule has 5 nitrogen and oxygen atoms in total. The lowest BCUT2D eigenvalue weighted by molar-refractivity contribution is -0.115. The molecule has 0 aliphatic rings. The standard InChI is InChI=1S/C11H11N3O2/c1-8-2-4-9(5-3-8)11(16)13-6-10(15)7-14-12/h2-5,7H,6H2,1H3,(H,13,16). The molecule has 0 fully saturated rings. The molecule has 0 aromatic heterocycles. The Kier molecular flexibility index (Phi) is 4.12. The number of carbonyl (C=O) groups is 2. The molecule has 5 heteroatoms. The van der Waals surface area contributed by atoms with Crippen LogP contribution >= 0.6 is 0 Å². The minimum atomic E-state index is -0.469. The van der Waals surface area contributed by atoms with Gasteiger partial charge in [-0.05, 0) is 19.1 Å². The molecule has 0 radical (unpaired) electrons. The van der Waals surface area contributed by atoms with E-state index in [4.69, 9.17) is 5.53 Å². The lowest BCUT2D eigenvalue weighted by Crippen LogP contribution is -2.30. The maximum Gasteiger partial charge on any atom is 0.325 e. The van der Waals surface area contributed by atoms with Gasteiger partial charge in [-0.1, -0.05) is 17.7 Å². The molecule has 0 bridgehead atoms. The first-order valence-corrected chi connectivity index (χ1v) is 4.68. The topological polar surface area (TPSA) is 82.6 Å². The number of rotatable bonds is 4. The van der Waals surface area contributed by atoms with E-state index in [1.54, 1.807) is 12.1 Å². The first kappa shape index (κ1) is 11.8. The molecular weight excluding hydrogens is 206 g/mol. The van der Waals surface area contributed by atoms with Gasteiger partial charge in [0.1, 0.15) is 0 Å². The first-order valence-electron chi connectivity index (χ1n) is 4.68. The van der Waals surface area contributed by atoms with Gasteiger partial charge in [0.05, 0.1) is 6.54 Å². The second kappa shape index (κ2) is 5.58. The third-order valence-electron chi connectivity index (χ3n) is 1.94. The molecule has 1 N–H and O–H groups in total. The Hall–Kier alpha value is -2.26. The SMILES string of the molecule is Cc1ccc(C(=O)NCC(=O)C=[N+]=[N-])cc1. The number of hydrogen-bond acceptors (Lipinski definition) is 2. The molecule has 0 unspecified atom stereocenters. The summed E-state index contributed by atoms with van der Waals surface area (Å²) in [7, 11) is 0. The zero-order valence-electron chi connectivity index (χ0n) is 8.80. The number of amides is 1. The van der Waals surface area contributed by atoms with E-state index in [2.05, 4.69) is 10.1 Å². The molecule has 0 spiro atoms. The number of ketones is 1. The average molecular weight is 217 g/mol. The first-order chi connectivity index (χ1) is 7.63. The van der Waals surface area contributed by atoms with Crippen molar-refractivity contribution in [2.75, 3.05) is 6.54 Å². The summed E-state index contributed by atoms with van der Waals surface area (Å²) in [4.78, 5) is 25.0. The van der Waals surface area contributed by atoms with Gasteiger partial charge >= 0.3 is 6.21 Å². The largest absolute Gasteiger partial charge is 0.361 e. The monoisotopic (exact) mass is 217 g/mol. The second-order valence-electron chi connectivity index (χ2n) is 3.26. The van der Waals surface area contributed by atoms with Crippen LogP contribution in [0.15, 0.2) is 24.3 Å². The maximum absolute atomic E-state index is 11.5. The van der Waals surface area contributed by atoms with Crippen molar-refractivity contribution in [3.8, 4) is 0 Å². The molecule has 1 amide bonds. The van der Waals surface area contributed by atoms with E-state index in [1.807, 2.05) is 19.1 Å². The lowest BCUT2D eigenvalue weighted by atomic mass is 10.1.